The van der Waals surface area contributed by atoms with Crippen LogP contribution in [0.3, 0.4) is 0 Å². The number of nitrogens with one attached hydrogen (secondary N) is 1. The standard InChI is InChI=1S/C15H23N5S/c1-10(2)15(7-8-16-9-15)13-19-20-12(11-5-3-4-6-11)17-18-14(20)21-13/h10-11,16H,3-9H2,1-2H3. The smallest absolute Gasteiger partial charge is 0.234 e. The minimum atomic E-state index is 0.179. The van der Waals surface area contributed by atoms with E-state index < -0.39 is 0 Å². The molecular weight excluding hydrogens is 282 g/mol. The second-order valence-electron chi connectivity index (χ2n) is 6.88. The third kappa shape index (κ3) is 2.03. The molecule has 5 nitrogen and oxygen atoms in total. The topological polar surface area (TPSA) is 55.1 Å². The average molecular weight is 305 g/mol. The lowest BCUT2D eigenvalue weighted by Gasteiger charge is -2.29. The van der Waals surface area contributed by atoms with Gasteiger partial charge in [-0.05, 0) is 31.7 Å². The third-order valence-corrected chi connectivity index (χ3v) is 6.57. The summed E-state index contributed by atoms with van der Waals surface area (Å²) in [5, 5.41) is 18.5. The van der Waals surface area contributed by atoms with Gasteiger partial charge in [0.25, 0.3) is 0 Å². The van der Waals surface area contributed by atoms with E-state index in [4.69, 9.17) is 5.10 Å². The Morgan fingerprint density at radius 1 is 1.29 bits per heavy atom. The number of hydrogen-bond acceptors (Lipinski definition) is 5. The predicted octanol–water partition coefficient (Wildman–Crippen LogP) is 2.73. The first-order valence-electron chi connectivity index (χ1n) is 8.14. The van der Waals surface area contributed by atoms with Crippen molar-refractivity contribution in [2.75, 3.05) is 13.1 Å². The lowest BCUT2D eigenvalue weighted by Crippen LogP contribution is -2.34. The summed E-state index contributed by atoms with van der Waals surface area (Å²) < 4.78 is 2.04. The van der Waals surface area contributed by atoms with E-state index in [0.717, 1.165) is 23.9 Å². The predicted molar refractivity (Wildman–Crippen MR) is 83.9 cm³/mol. The number of nitrogens with zero attached hydrogens (tertiary/aromatic N) is 4. The number of rotatable bonds is 3. The van der Waals surface area contributed by atoms with Crippen LogP contribution in [0, 0.1) is 5.92 Å². The molecule has 2 aliphatic rings. The van der Waals surface area contributed by atoms with Gasteiger partial charge in [-0.25, -0.2) is 0 Å². The molecule has 0 aromatic carbocycles. The zero-order valence-electron chi connectivity index (χ0n) is 12.8. The summed E-state index contributed by atoms with van der Waals surface area (Å²) in [5.41, 5.74) is 0.179. The maximum absolute atomic E-state index is 4.96. The maximum atomic E-state index is 4.96. The van der Waals surface area contributed by atoms with Crippen LogP contribution < -0.4 is 5.32 Å². The SMILES string of the molecule is CC(C)C1(c2nn3c(C4CCCC4)nnc3s2)CCNC1. The molecule has 21 heavy (non-hydrogen) atoms. The Balaban J connectivity index is 1.77. The monoisotopic (exact) mass is 305 g/mol. The molecule has 1 unspecified atom stereocenters. The summed E-state index contributed by atoms with van der Waals surface area (Å²) in [4.78, 5) is 0.971. The minimum absolute atomic E-state index is 0.179. The quantitative estimate of drug-likeness (QED) is 0.947. The van der Waals surface area contributed by atoms with Crippen LogP contribution in [0.2, 0.25) is 0 Å². The summed E-state index contributed by atoms with van der Waals surface area (Å²) in [6, 6.07) is 0. The molecule has 0 spiro atoms. The van der Waals surface area contributed by atoms with Crippen LogP contribution >= 0.6 is 11.3 Å². The van der Waals surface area contributed by atoms with E-state index in [0.29, 0.717) is 11.8 Å². The van der Waals surface area contributed by atoms with Crippen molar-refractivity contribution in [1.82, 2.24) is 25.1 Å². The second-order valence-corrected chi connectivity index (χ2v) is 7.83. The van der Waals surface area contributed by atoms with Crippen molar-refractivity contribution in [1.29, 1.82) is 0 Å². The van der Waals surface area contributed by atoms with Crippen molar-refractivity contribution in [3.63, 3.8) is 0 Å². The van der Waals surface area contributed by atoms with Crippen molar-refractivity contribution < 1.29 is 0 Å². The molecule has 3 heterocycles. The van der Waals surface area contributed by atoms with Crippen LogP contribution in [0.4, 0.5) is 0 Å². The van der Waals surface area contributed by atoms with Crippen molar-refractivity contribution in [2.45, 2.75) is 57.3 Å². The first-order chi connectivity index (χ1) is 10.2. The molecule has 1 N–H and O–H groups in total. The zero-order chi connectivity index (χ0) is 14.4. The van der Waals surface area contributed by atoms with E-state index in [9.17, 15) is 0 Å². The molecule has 6 heteroatoms. The lowest BCUT2D eigenvalue weighted by molar-refractivity contribution is 0.332. The summed E-state index contributed by atoms with van der Waals surface area (Å²) in [6.45, 7) is 6.75. The largest absolute Gasteiger partial charge is 0.316 e. The van der Waals surface area contributed by atoms with Crippen LogP contribution in [0.5, 0.6) is 0 Å². The maximum Gasteiger partial charge on any atom is 0.234 e. The fourth-order valence-corrected chi connectivity index (χ4v) is 5.12. The van der Waals surface area contributed by atoms with Crippen molar-refractivity contribution in [2.24, 2.45) is 5.92 Å². The molecule has 2 aromatic heterocycles. The molecule has 2 aromatic rings. The highest BCUT2D eigenvalue weighted by atomic mass is 32.1. The number of hydrogen-bond donors (Lipinski definition) is 1. The molecule has 1 saturated carbocycles. The molecule has 1 aliphatic heterocycles. The molecule has 0 amide bonds. The molecule has 114 valence electrons. The van der Waals surface area contributed by atoms with Crippen LogP contribution in [-0.2, 0) is 5.41 Å². The second kappa shape index (κ2) is 5.02. The average Bonchev–Trinajstić information content (AvgIpc) is 3.21. The van der Waals surface area contributed by atoms with Crippen LogP contribution in [0.15, 0.2) is 0 Å². The summed E-state index contributed by atoms with van der Waals surface area (Å²) in [7, 11) is 0. The van der Waals surface area contributed by atoms with Gasteiger partial charge in [-0.3, -0.25) is 0 Å². The van der Waals surface area contributed by atoms with Gasteiger partial charge in [0.2, 0.25) is 4.96 Å². The van der Waals surface area contributed by atoms with Gasteiger partial charge in [-0.1, -0.05) is 38.0 Å². The van der Waals surface area contributed by atoms with E-state index in [1.165, 1.54) is 37.1 Å². The Labute approximate surface area is 129 Å². The molecule has 4 rings (SSSR count). The zero-order valence-corrected chi connectivity index (χ0v) is 13.6. The van der Waals surface area contributed by atoms with E-state index in [1.807, 2.05) is 4.52 Å². The molecule has 0 radical (unpaired) electrons. The van der Waals surface area contributed by atoms with E-state index in [1.54, 1.807) is 11.3 Å². The van der Waals surface area contributed by atoms with E-state index in [2.05, 4.69) is 29.4 Å². The molecule has 0 bridgehead atoms. The van der Waals surface area contributed by atoms with Gasteiger partial charge in [0, 0.05) is 17.9 Å². The number of aromatic nitrogens is 4. The summed E-state index contributed by atoms with van der Waals surface area (Å²) in [5.74, 6) is 2.24. The van der Waals surface area contributed by atoms with Gasteiger partial charge in [-0.15, -0.1) is 10.2 Å². The Morgan fingerprint density at radius 3 is 2.76 bits per heavy atom. The molecule has 1 atom stereocenters. The van der Waals surface area contributed by atoms with Crippen LogP contribution in [-0.4, -0.2) is 32.9 Å². The van der Waals surface area contributed by atoms with Crippen LogP contribution in [0.1, 0.15) is 62.7 Å². The Morgan fingerprint density at radius 2 is 2.10 bits per heavy atom. The summed E-state index contributed by atoms with van der Waals surface area (Å²) in [6.07, 6.45) is 6.29. The Hall–Kier alpha value is -1.01. The van der Waals surface area contributed by atoms with Crippen molar-refractivity contribution in [3.8, 4) is 0 Å². The Kier molecular flexibility index (Phi) is 3.26. The van der Waals surface area contributed by atoms with Gasteiger partial charge >= 0.3 is 0 Å². The fraction of sp³-hybridized carbons (Fsp3) is 0.800. The van der Waals surface area contributed by atoms with Gasteiger partial charge < -0.3 is 5.32 Å². The van der Waals surface area contributed by atoms with Crippen molar-refractivity contribution >= 4 is 16.3 Å². The first kappa shape index (κ1) is 13.6. The third-order valence-electron chi connectivity index (χ3n) is 5.45. The highest BCUT2D eigenvalue weighted by Gasteiger charge is 2.42. The van der Waals surface area contributed by atoms with Gasteiger partial charge in [0.15, 0.2) is 5.82 Å². The summed E-state index contributed by atoms with van der Waals surface area (Å²) >= 11 is 1.74. The first-order valence-corrected chi connectivity index (χ1v) is 8.96. The van der Waals surface area contributed by atoms with Gasteiger partial charge in [0.1, 0.15) is 5.01 Å². The Bertz CT molecular complexity index is 632. The molecule has 1 saturated heterocycles. The van der Waals surface area contributed by atoms with E-state index in [-0.39, 0.29) is 5.41 Å². The highest BCUT2D eigenvalue weighted by Crippen LogP contribution is 2.41. The normalized spacial score (nSPS) is 27.4. The number of fused-ring (bicyclic) bond motifs is 1. The highest BCUT2D eigenvalue weighted by molar-refractivity contribution is 7.16. The molecule has 2 fully saturated rings. The van der Waals surface area contributed by atoms with Gasteiger partial charge in [0.05, 0.1) is 0 Å². The minimum Gasteiger partial charge on any atom is -0.316 e. The molecule has 1 aliphatic carbocycles. The lowest BCUT2D eigenvalue weighted by atomic mass is 9.77. The molecular formula is C15H23N5S. The fourth-order valence-electron chi connectivity index (χ4n) is 3.91. The van der Waals surface area contributed by atoms with Crippen molar-refractivity contribution in [3.05, 3.63) is 10.8 Å². The van der Waals surface area contributed by atoms with Crippen LogP contribution in [0.25, 0.3) is 4.96 Å². The van der Waals surface area contributed by atoms with Gasteiger partial charge in [-0.2, -0.15) is 9.61 Å². The van der Waals surface area contributed by atoms with E-state index >= 15 is 0 Å².